The van der Waals surface area contributed by atoms with E-state index in [1.54, 1.807) is 11.3 Å². The number of aryl methyl sites for hydroxylation is 2. The van der Waals surface area contributed by atoms with E-state index >= 15 is 0 Å². The van der Waals surface area contributed by atoms with Crippen molar-refractivity contribution < 1.29 is 4.79 Å². The largest absolute Gasteiger partial charge is 0.348 e. The number of benzene rings is 2. The molecule has 5 nitrogen and oxygen atoms in total. The Labute approximate surface area is 191 Å². The van der Waals surface area contributed by atoms with Crippen molar-refractivity contribution in [1.82, 2.24) is 9.47 Å². The minimum Gasteiger partial charge on any atom is -0.348 e. The number of hydrogen-bond acceptors (Lipinski definition) is 4. The van der Waals surface area contributed by atoms with Gasteiger partial charge in [-0.25, -0.2) is 0 Å². The molecule has 3 heterocycles. The van der Waals surface area contributed by atoms with Gasteiger partial charge in [0.15, 0.2) is 0 Å². The maximum absolute atomic E-state index is 11.2. The number of amides is 1. The second kappa shape index (κ2) is 8.78. The van der Waals surface area contributed by atoms with Crippen molar-refractivity contribution in [2.75, 3.05) is 11.9 Å². The van der Waals surface area contributed by atoms with E-state index in [4.69, 9.17) is 0 Å². The summed E-state index contributed by atoms with van der Waals surface area (Å²) >= 11 is 1.66. The Morgan fingerprint density at radius 1 is 1.25 bits per heavy atom. The third-order valence-electron chi connectivity index (χ3n) is 6.76. The summed E-state index contributed by atoms with van der Waals surface area (Å²) in [5.74, 6) is 0. The normalized spacial score (nSPS) is 16.6. The number of carbonyl (C=O) groups excluding carboxylic acids is 1. The summed E-state index contributed by atoms with van der Waals surface area (Å²) in [5.41, 5.74) is 4.37. The number of aromatic nitrogens is 1. The van der Waals surface area contributed by atoms with Crippen molar-refractivity contribution in [2.24, 2.45) is 7.05 Å². The molecule has 5 rings (SSSR count). The molecule has 1 aliphatic heterocycles. The van der Waals surface area contributed by atoms with Crippen LogP contribution in [0.5, 0.6) is 0 Å². The molecule has 2 aromatic carbocycles. The second-order valence-electron chi connectivity index (χ2n) is 8.55. The highest BCUT2D eigenvalue weighted by atomic mass is 32.1. The molecule has 1 saturated heterocycles. The van der Waals surface area contributed by atoms with Gasteiger partial charge in [0.2, 0.25) is 6.41 Å². The summed E-state index contributed by atoms with van der Waals surface area (Å²) in [4.78, 5) is 13.8. The second-order valence-corrected chi connectivity index (χ2v) is 9.61. The lowest BCUT2D eigenvalue weighted by molar-refractivity contribution is -0.105. The van der Waals surface area contributed by atoms with Crippen LogP contribution in [0.2, 0.25) is 0 Å². The predicted octanol–water partition coefficient (Wildman–Crippen LogP) is 5.43. The van der Waals surface area contributed by atoms with Crippen molar-refractivity contribution in [3.8, 4) is 6.07 Å². The maximum Gasteiger partial charge on any atom is 0.212 e. The summed E-state index contributed by atoms with van der Waals surface area (Å²) < 4.78 is 3.45. The van der Waals surface area contributed by atoms with Gasteiger partial charge in [0.25, 0.3) is 0 Å². The van der Waals surface area contributed by atoms with E-state index in [1.807, 2.05) is 18.2 Å². The van der Waals surface area contributed by atoms with Gasteiger partial charge in [-0.3, -0.25) is 9.69 Å². The van der Waals surface area contributed by atoms with Crippen LogP contribution in [0.1, 0.15) is 36.1 Å². The number of nitrogens with zero attached hydrogens (tertiary/aromatic N) is 3. The standard InChI is InChI=1S/C26H26N4OS/c1-29-21(14-19-9-8-18(15-27)13-24(19)29)11-10-20-5-4-12-30(20)16-23-22-6-2-3-7-25(22)32-26(23)28-17-31/h2-3,6-9,13-14,17,20H,4-5,10-12,16H2,1H3,(H,28,31)/t20-/m0/s1. The van der Waals surface area contributed by atoms with E-state index in [9.17, 15) is 10.1 Å². The lowest BCUT2D eigenvalue weighted by Crippen LogP contribution is -2.29. The van der Waals surface area contributed by atoms with Gasteiger partial charge >= 0.3 is 0 Å². The zero-order valence-electron chi connectivity index (χ0n) is 18.2. The molecule has 1 amide bonds. The molecular weight excluding hydrogens is 416 g/mol. The number of thiophene rings is 1. The van der Waals surface area contributed by atoms with Gasteiger partial charge in [0.1, 0.15) is 5.00 Å². The first-order valence-electron chi connectivity index (χ1n) is 11.1. The van der Waals surface area contributed by atoms with Crippen LogP contribution in [-0.2, 0) is 24.8 Å². The first kappa shape index (κ1) is 20.7. The molecule has 162 valence electrons. The van der Waals surface area contributed by atoms with Gasteiger partial charge in [-0.2, -0.15) is 5.26 Å². The van der Waals surface area contributed by atoms with E-state index in [-0.39, 0.29) is 0 Å². The van der Waals surface area contributed by atoms with Crippen LogP contribution < -0.4 is 5.32 Å². The van der Waals surface area contributed by atoms with E-state index < -0.39 is 0 Å². The molecule has 32 heavy (non-hydrogen) atoms. The number of hydrogen-bond donors (Lipinski definition) is 1. The van der Waals surface area contributed by atoms with Crippen molar-refractivity contribution in [3.05, 3.63) is 65.4 Å². The molecule has 1 atom stereocenters. The third kappa shape index (κ3) is 3.79. The average molecular weight is 443 g/mol. The third-order valence-corrected chi connectivity index (χ3v) is 7.90. The maximum atomic E-state index is 11.2. The molecule has 0 bridgehead atoms. The van der Waals surface area contributed by atoms with Crippen molar-refractivity contribution in [1.29, 1.82) is 5.26 Å². The lowest BCUT2D eigenvalue weighted by atomic mass is 10.1. The van der Waals surface area contributed by atoms with E-state index in [1.165, 1.54) is 39.6 Å². The van der Waals surface area contributed by atoms with Crippen LogP contribution in [0.4, 0.5) is 5.00 Å². The fourth-order valence-corrected chi connectivity index (χ4v) is 6.14. The summed E-state index contributed by atoms with van der Waals surface area (Å²) in [6, 6.07) is 19.3. The van der Waals surface area contributed by atoms with Crippen LogP contribution in [0, 0.1) is 11.3 Å². The summed E-state index contributed by atoms with van der Waals surface area (Å²) in [6.07, 6.45) is 5.32. The number of fused-ring (bicyclic) bond motifs is 2. The van der Waals surface area contributed by atoms with Crippen LogP contribution >= 0.6 is 11.3 Å². The molecule has 2 aromatic heterocycles. The summed E-state index contributed by atoms with van der Waals surface area (Å²) in [5, 5.41) is 15.5. The summed E-state index contributed by atoms with van der Waals surface area (Å²) in [7, 11) is 2.10. The van der Waals surface area contributed by atoms with Gasteiger partial charge < -0.3 is 9.88 Å². The van der Waals surface area contributed by atoms with Crippen LogP contribution in [0.25, 0.3) is 21.0 Å². The Balaban J connectivity index is 1.34. The van der Waals surface area contributed by atoms with Crippen molar-refractivity contribution in [3.63, 3.8) is 0 Å². The first-order valence-corrected chi connectivity index (χ1v) is 11.9. The molecule has 1 aliphatic rings. The highest BCUT2D eigenvalue weighted by Crippen LogP contribution is 2.37. The predicted molar refractivity (Wildman–Crippen MR) is 131 cm³/mol. The lowest BCUT2D eigenvalue weighted by Gasteiger charge is -2.25. The molecule has 4 aromatic rings. The number of anilines is 1. The molecular formula is C26H26N4OS. The zero-order chi connectivity index (χ0) is 22.1. The highest BCUT2D eigenvalue weighted by Gasteiger charge is 2.26. The monoisotopic (exact) mass is 442 g/mol. The Bertz CT molecular complexity index is 1330. The SMILES string of the molecule is Cn1c(CC[C@@H]2CCCN2Cc2c(NC=O)sc3ccccc23)cc2ccc(C#N)cc21. The van der Waals surface area contributed by atoms with Crippen molar-refractivity contribution in [2.45, 2.75) is 38.3 Å². The summed E-state index contributed by atoms with van der Waals surface area (Å²) in [6.45, 7) is 1.96. The molecule has 0 spiro atoms. The average Bonchev–Trinajstić information content (AvgIpc) is 3.49. The minimum absolute atomic E-state index is 0.533. The Kier molecular flexibility index (Phi) is 5.69. The fraction of sp³-hybridized carbons (Fsp3) is 0.308. The molecule has 1 fully saturated rings. The number of nitrogens with one attached hydrogen (secondary N) is 1. The molecule has 6 heteroatoms. The van der Waals surface area contributed by atoms with Gasteiger partial charge in [0, 0.05) is 41.1 Å². The van der Waals surface area contributed by atoms with E-state index in [0.717, 1.165) is 42.9 Å². The molecule has 0 saturated carbocycles. The smallest absolute Gasteiger partial charge is 0.212 e. The quantitative estimate of drug-likeness (QED) is 0.388. The molecule has 0 radical (unpaired) electrons. The van der Waals surface area contributed by atoms with Crippen LogP contribution in [0.15, 0.2) is 48.5 Å². The van der Waals surface area contributed by atoms with Crippen LogP contribution in [-0.4, -0.2) is 28.5 Å². The van der Waals surface area contributed by atoms with Gasteiger partial charge in [-0.15, -0.1) is 11.3 Å². The number of carbonyl (C=O) groups is 1. The molecule has 1 N–H and O–H groups in total. The number of nitriles is 1. The fourth-order valence-electron chi connectivity index (χ4n) is 5.07. The molecule has 0 aliphatic carbocycles. The first-order chi connectivity index (χ1) is 15.7. The van der Waals surface area contributed by atoms with E-state index in [2.05, 4.69) is 58.2 Å². The van der Waals surface area contributed by atoms with Crippen LogP contribution in [0.3, 0.4) is 0 Å². The van der Waals surface area contributed by atoms with Gasteiger partial charge in [-0.1, -0.05) is 24.3 Å². The number of rotatable bonds is 7. The topological polar surface area (TPSA) is 61.1 Å². The Morgan fingerprint density at radius 3 is 2.97 bits per heavy atom. The van der Waals surface area contributed by atoms with Gasteiger partial charge in [-0.05, 0) is 67.3 Å². The Hall–Kier alpha value is -3.14. The minimum atomic E-state index is 0.533. The Morgan fingerprint density at radius 2 is 2.12 bits per heavy atom. The van der Waals surface area contributed by atoms with E-state index in [0.29, 0.717) is 11.6 Å². The van der Waals surface area contributed by atoms with Crippen molar-refractivity contribution >= 4 is 43.7 Å². The zero-order valence-corrected chi connectivity index (χ0v) is 19.0. The molecule has 0 unspecified atom stereocenters. The highest BCUT2D eigenvalue weighted by molar-refractivity contribution is 7.23. The number of likely N-dealkylation sites (tertiary alicyclic amines) is 1. The van der Waals surface area contributed by atoms with Gasteiger partial charge in [0.05, 0.1) is 11.6 Å².